The number of fused-ring (bicyclic) bond motifs is 2. The Hall–Kier alpha value is -1.81. The fourth-order valence-corrected chi connectivity index (χ4v) is 13.2. The molecule has 9 nitrogen and oxygen atoms in total. The Balaban J connectivity index is 1.11. The number of rotatable bonds is 13. The maximum absolute atomic E-state index is 14.1. The molecular weight excluding hydrogens is 606 g/mol. The van der Waals surface area contributed by atoms with Gasteiger partial charge in [0.25, 0.3) is 0 Å². The van der Waals surface area contributed by atoms with Gasteiger partial charge in [0.1, 0.15) is 11.7 Å². The van der Waals surface area contributed by atoms with E-state index in [9.17, 15) is 19.5 Å². The molecule has 2 heterocycles. The van der Waals surface area contributed by atoms with Gasteiger partial charge in [0.15, 0.2) is 0 Å². The van der Waals surface area contributed by atoms with Crippen molar-refractivity contribution in [3.8, 4) is 0 Å². The van der Waals surface area contributed by atoms with Crippen molar-refractivity contribution in [2.75, 3.05) is 52.4 Å². The van der Waals surface area contributed by atoms with E-state index in [1.54, 1.807) is 0 Å². The van der Waals surface area contributed by atoms with E-state index < -0.39 is 28.2 Å². The maximum atomic E-state index is 14.1. The van der Waals surface area contributed by atoms with Gasteiger partial charge < -0.3 is 30.0 Å². The second kappa shape index (κ2) is 13.4. The molecule has 6 fully saturated rings. The predicted octanol–water partition coefficient (Wildman–Crippen LogP) is 4.95. The molecule has 10 atom stereocenters. The van der Waals surface area contributed by atoms with Gasteiger partial charge in [-0.1, -0.05) is 70.9 Å². The van der Waals surface area contributed by atoms with Crippen molar-refractivity contribution in [2.45, 2.75) is 104 Å². The number of aldehydes is 1. The molecule has 0 radical (unpaired) electrons. The summed E-state index contributed by atoms with van der Waals surface area (Å²) in [6, 6.07) is 0. The van der Waals surface area contributed by atoms with Gasteiger partial charge in [-0.05, 0) is 67.1 Å². The third kappa shape index (κ3) is 5.18. The van der Waals surface area contributed by atoms with E-state index in [1.165, 1.54) is 32.1 Å². The molecule has 3 unspecified atom stereocenters. The lowest BCUT2D eigenvalue weighted by molar-refractivity contribution is -0.197. The van der Waals surface area contributed by atoms with E-state index in [0.717, 1.165) is 83.4 Å². The zero-order valence-corrected chi connectivity index (χ0v) is 29.7. The van der Waals surface area contributed by atoms with Crippen molar-refractivity contribution in [1.29, 1.82) is 0 Å². The van der Waals surface area contributed by atoms with E-state index >= 15 is 0 Å². The van der Waals surface area contributed by atoms with Crippen molar-refractivity contribution in [3.05, 3.63) is 11.6 Å². The van der Waals surface area contributed by atoms with Crippen LogP contribution in [0.2, 0.25) is 0 Å². The Bertz CT molecular complexity index is 1260. The largest absolute Gasteiger partial charge is 0.481 e. The normalized spacial score (nSPS) is 43.1. The summed E-state index contributed by atoms with van der Waals surface area (Å²) in [5.41, 5.74) is -1.58. The van der Waals surface area contributed by atoms with Crippen LogP contribution in [0.25, 0.3) is 0 Å². The average Bonchev–Trinajstić information content (AvgIpc) is 3.80. The van der Waals surface area contributed by atoms with Crippen molar-refractivity contribution in [3.63, 3.8) is 0 Å². The molecule has 4 saturated carbocycles. The van der Waals surface area contributed by atoms with Gasteiger partial charge in [-0.25, -0.2) is 0 Å². The van der Waals surface area contributed by atoms with E-state index in [4.69, 9.17) is 9.84 Å². The van der Waals surface area contributed by atoms with E-state index in [2.05, 4.69) is 42.0 Å². The molecule has 5 aliphatic carbocycles. The summed E-state index contributed by atoms with van der Waals surface area (Å²) in [5.74, 6) is 0.706. The average molecular weight is 668 g/mol. The number of hydrogen-bond donors (Lipinski definition) is 3. The molecule has 268 valence electrons. The van der Waals surface area contributed by atoms with Gasteiger partial charge in [0, 0.05) is 57.8 Å². The molecule has 0 amide bonds. The number of nitrogens with one attached hydrogen (secondary N) is 1. The Morgan fingerprint density at radius 1 is 1.00 bits per heavy atom. The highest BCUT2D eigenvalue weighted by molar-refractivity contribution is 5.90. The van der Waals surface area contributed by atoms with Crippen LogP contribution in [-0.2, 0) is 19.1 Å². The molecular formula is C39H61N3O6. The highest BCUT2D eigenvalue weighted by atomic mass is 16.5. The number of allylic oxidation sites excluding steroid dienone is 1. The number of carbonyl (C=O) groups is 3. The number of piperazine rings is 1. The molecule has 48 heavy (non-hydrogen) atoms. The fourth-order valence-electron chi connectivity index (χ4n) is 13.2. The first-order valence-electron chi connectivity index (χ1n) is 19.5. The zero-order valence-electron chi connectivity index (χ0n) is 29.7. The Labute approximate surface area is 287 Å². The first-order valence-corrected chi connectivity index (χ1v) is 19.5. The van der Waals surface area contributed by atoms with Crippen LogP contribution in [0, 0.1) is 57.7 Å². The first kappa shape index (κ1) is 34.6. The first-order chi connectivity index (χ1) is 23.1. The van der Waals surface area contributed by atoms with Gasteiger partial charge in [0.05, 0.1) is 24.0 Å². The van der Waals surface area contributed by atoms with Crippen LogP contribution < -0.4 is 5.32 Å². The van der Waals surface area contributed by atoms with Crippen LogP contribution in [0.15, 0.2) is 11.6 Å². The summed E-state index contributed by atoms with van der Waals surface area (Å²) in [5, 5.41) is 24.4. The number of ether oxygens (including phenoxy) is 1. The lowest BCUT2D eigenvalue weighted by Gasteiger charge is -2.60. The summed E-state index contributed by atoms with van der Waals surface area (Å²) < 4.78 is 7.35. The molecule has 0 aromatic carbocycles. The van der Waals surface area contributed by atoms with Crippen LogP contribution in [0.1, 0.15) is 91.4 Å². The highest BCUT2D eigenvalue weighted by Gasteiger charge is 2.86. The topological polar surface area (TPSA) is 119 Å². The summed E-state index contributed by atoms with van der Waals surface area (Å²) >= 11 is 0. The highest BCUT2D eigenvalue weighted by Crippen LogP contribution is 2.84. The Morgan fingerprint density at radius 2 is 1.71 bits per heavy atom. The molecule has 2 saturated heterocycles. The van der Waals surface area contributed by atoms with E-state index in [0.29, 0.717) is 36.6 Å². The molecule has 7 rings (SSSR count). The smallest absolute Gasteiger partial charge is 0.315 e. The summed E-state index contributed by atoms with van der Waals surface area (Å²) in [6.45, 7) is 13.6. The maximum Gasteiger partial charge on any atom is 0.315 e. The lowest BCUT2D eigenvalue weighted by atomic mass is 9.41. The molecule has 0 spiro atoms. The molecule has 3 N–H and O–H groups in total. The van der Waals surface area contributed by atoms with Crippen molar-refractivity contribution in [2.24, 2.45) is 57.7 Å². The molecule has 2 aliphatic heterocycles. The minimum absolute atomic E-state index is 0.0537. The summed E-state index contributed by atoms with van der Waals surface area (Å²) in [7, 11) is 0. The third-order valence-corrected chi connectivity index (χ3v) is 15.2. The predicted molar refractivity (Wildman–Crippen MR) is 183 cm³/mol. The second-order valence-corrected chi connectivity index (χ2v) is 17.4. The molecule has 7 aliphatic rings. The van der Waals surface area contributed by atoms with Gasteiger partial charge in [-0.15, -0.1) is 0 Å². The van der Waals surface area contributed by atoms with Gasteiger partial charge >= 0.3 is 11.9 Å². The fraction of sp³-hybridized carbons (Fsp3) is 0.872. The quantitative estimate of drug-likeness (QED) is 0.143. The van der Waals surface area contributed by atoms with Crippen molar-refractivity contribution >= 4 is 18.2 Å². The summed E-state index contributed by atoms with van der Waals surface area (Å²) in [4.78, 5) is 43.4. The van der Waals surface area contributed by atoms with E-state index in [1.807, 2.05) is 0 Å². The van der Waals surface area contributed by atoms with E-state index in [-0.39, 0.29) is 36.4 Å². The van der Waals surface area contributed by atoms with Crippen molar-refractivity contribution < 1.29 is 29.3 Å². The lowest BCUT2D eigenvalue weighted by Crippen LogP contribution is -2.65. The third-order valence-electron chi connectivity index (χ3n) is 15.2. The zero-order chi connectivity index (χ0) is 33.8. The number of carboxylic acids is 2. The van der Waals surface area contributed by atoms with Crippen LogP contribution in [0.3, 0.4) is 0 Å². The number of hydrogen-bond acceptors (Lipinski definition) is 7. The number of carbonyl (C=O) groups excluding carboxylic acids is 1. The van der Waals surface area contributed by atoms with Crippen LogP contribution >= 0.6 is 0 Å². The standard InChI is InChI=1S/C39H61N3O6/c1-25(2)32-19-28-21-37(24-43)31-10-9-26(3)30(31)22-38(28,39(32,37)36(46)47)34-20-29(27-7-5-4-6-8-27)33(48-34)23-40-12-14-42-17-15-41(16-18-42)13-11-35(44)45/h19,24-31,33-34,40H,4-18,20-23H2,1-3H3,(H,44,45)(H,46,47)/t26-,28?,29+,30-,31-,33+,34-,37?,38?,39+/m1/s1. The summed E-state index contributed by atoms with van der Waals surface area (Å²) in [6.07, 6.45) is 14.4. The molecule has 0 aromatic heterocycles. The minimum Gasteiger partial charge on any atom is -0.481 e. The number of carboxylic acid groups (broad SMARTS) is 2. The van der Waals surface area contributed by atoms with Crippen LogP contribution in [0.5, 0.6) is 0 Å². The Morgan fingerprint density at radius 3 is 2.35 bits per heavy atom. The van der Waals surface area contributed by atoms with Gasteiger partial charge in [0.2, 0.25) is 0 Å². The minimum atomic E-state index is -1.18. The SMILES string of the molecule is CC(C)C1=CC2CC3(C=O)[C@@H]4CC[C@@H](C)[C@H]4CC2([C@H]2C[C@@H](C4CCCCC4)[C@H](CNCCN4CCN(CCC(=O)O)CC4)O2)[C@]13C(=O)O. The van der Waals surface area contributed by atoms with Gasteiger partial charge in [-0.3, -0.25) is 14.5 Å². The second-order valence-electron chi connectivity index (χ2n) is 17.4. The van der Waals surface area contributed by atoms with Crippen molar-refractivity contribution in [1.82, 2.24) is 15.1 Å². The van der Waals surface area contributed by atoms with Crippen LogP contribution in [-0.4, -0.2) is 103 Å². The number of aliphatic carboxylic acids is 2. The number of nitrogens with zero attached hydrogens (tertiary/aromatic N) is 2. The molecule has 9 heteroatoms. The molecule has 0 aromatic rings. The Kier molecular flexibility index (Phi) is 9.66. The monoisotopic (exact) mass is 667 g/mol. The molecule has 4 bridgehead atoms. The van der Waals surface area contributed by atoms with Crippen LogP contribution in [0.4, 0.5) is 0 Å². The van der Waals surface area contributed by atoms with Gasteiger partial charge in [-0.2, -0.15) is 0 Å².